The van der Waals surface area contributed by atoms with Crippen LogP contribution in [0.3, 0.4) is 0 Å². The fraction of sp³-hybridized carbons (Fsp3) is 0.364. The molecule has 2 amide bonds. The highest BCUT2D eigenvalue weighted by Crippen LogP contribution is 2.35. The third kappa shape index (κ3) is 4.29. The molecule has 2 aliphatic heterocycles. The van der Waals surface area contributed by atoms with Gasteiger partial charge < -0.3 is 24.4 Å². The van der Waals surface area contributed by atoms with E-state index in [2.05, 4.69) is 5.32 Å². The van der Waals surface area contributed by atoms with Crippen molar-refractivity contribution in [3.05, 3.63) is 48.0 Å². The zero-order valence-electron chi connectivity index (χ0n) is 16.5. The molecule has 0 aromatic heterocycles. The van der Waals surface area contributed by atoms with Crippen LogP contribution in [0, 0.1) is 0 Å². The van der Waals surface area contributed by atoms with Crippen LogP contribution in [0.15, 0.2) is 42.5 Å². The van der Waals surface area contributed by atoms with Crippen molar-refractivity contribution in [1.82, 2.24) is 5.32 Å². The molecule has 2 aliphatic rings. The molecule has 0 saturated carbocycles. The summed E-state index contributed by atoms with van der Waals surface area (Å²) in [5.74, 6) is 1.80. The number of nitrogens with zero attached hydrogens (tertiary/aromatic N) is 1. The van der Waals surface area contributed by atoms with Gasteiger partial charge in [0.1, 0.15) is 19.0 Å². The van der Waals surface area contributed by atoms with Gasteiger partial charge in [-0.3, -0.25) is 9.59 Å². The number of hydrogen-bond donors (Lipinski definition) is 1. The van der Waals surface area contributed by atoms with Gasteiger partial charge in [-0.2, -0.15) is 0 Å². The van der Waals surface area contributed by atoms with Gasteiger partial charge in [-0.25, -0.2) is 0 Å². The predicted octanol–water partition coefficient (Wildman–Crippen LogP) is 2.78. The lowest BCUT2D eigenvalue weighted by molar-refractivity contribution is -0.117. The highest BCUT2D eigenvalue weighted by Gasteiger charge is 2.32. The maximum atomic E-state index is 12.6. The van der Waals surface area contributed by atoms with Gasteiger partial charge in [0.2, 0.25) is 5.91 Å². The van der Waals surface area contributed by atoms with Crippen LogP contribution in [-0.4, -0.2) is 43.7 Å². The van der Waals surface area contributed by atoms with E-state index < -0.39 is 0 Å². The molecule has 0 aliphatic carbocycles. The first-order valence-electron chi connectivity index (χ1n) is 9.77. The van der Waals surface area contributed by atoms with Gasteiger partial charge in [0.25, 0.3) is 5.91 Å². The number of benzene rings is 2. The minimum atomic E-state index is -0.255. The van der Waals surface area contributed by atoms with Crippen LogP contribution >= 0.6 is 0 Å². The molecule has 152 valence electrons. The van der Waals surface area contributed by atoms with Gasteiger partial charge in [-0.1, -0.05) is 0 Å². The van der Waals surface area contributed by atoms with Crippen molar-refractivity contribution in [2.24, 2.45) is 0 Å². The van der Waals surface area contributed by atoms with E-state index in [0.29, 0.717) is 36.8 Å². The Balaban J connectivity index is 1.40. The van der Waals surface area contributed by atoms with Crippen molar-refractivity contribution in [3.63, 3.8) is 0 Å². The van der Waals surface area contributed by atoms with Gasteiger partial charge in [-0.15, -0.1) is 0 Å². The summed E-state index contributed by atoms with van der Waals surface area (Å²) in [5.41, 5.74) is 1.28. The predicted molar refractivity (Wildman–Crippen MR) is 108 cm³/mol. The number of fused-ring (bicyclic) bond motifs is 1. The molecule has 7 nitrogen and oxygen atoms in total. The van der Waals surface area contributed by atoms with Gasteiger partial charge in [0.05, 0.1) is 12.1 Å². The molecule has 7 heteroatoms. The Kier molecular flexibility index (Phi) is 5.29. The van der Waals surface area contributed by atoms with Crippen molar-refractivity contribution in [3.8, 4) is 17.2 Å². The number of amides is 2. The Morgan fingerprint density at radius 1 is 1.10 bits per heavy atom. The van der Waals surface area contributed by atoms with Crippen LogP contribution in [0.1, 0.15) is 30.6 Å². The van der Waals surface area contributed by atoms with E-state index in [1.807, 2.05) is 32.0 Å². The Labute approximate surface area is 169 Å². The fourth-order valence-electron chi connectivity index (χ4n) is 3.48. The van der Waals surface area contributed by atoms with Gasteiger partial charge in [0, 0.05) is 30.3 Å². The second kappa shape index (κ2) is 8.03. The molecule has 0 spiro atoms. The molecule has 1 N–H and O–H groups in total. The Hall–Kier alpha value is -3.22. The minimum Gasteiger partial charge on any atom is -0.491 e. The van der Waals surface area contributed by atoms with Crippen molar-refractivity contribution in [2.45, 2.75) is 32.4 Å². The number of anilines is 1. The summed E-state index contributed by atoms with van der Waals surface area (Å²) in [6.45, 7) is 5.33. The standard InChI is InChI=1S/C22H24N2O5/c1-14(2)29-18-6-3-15(4-7-18)22(26)23-16-11-21(25)24(13-16)17-5-8-19-20(12-17)28-10-9-27-19/h3-8,12,14,16H,9-11,13H2,1-2H3,(H,23,26). The van der Waals surface area contributed by atoms with Gasteiger partial charge in [-0.05, 0) is 50.2 Å². The third-order valence-corrected chi connectivity index (χ3v) is 4.79. The normalized spacial score (nSPS) is 18.1. The van der Waals surface area contributed by atoms with Crippen molar-refractivity contribution in [1.29, 1.82) is 0 Å². The second-order valence-corrected chi connectivity index (χ2v) is 7.40. The molecule has 29 heavy (non-hydrogen) atoms. The summed E-state index contributed by atoms with van der Waals surface area (Å²) in [6.07, 6.45) is 0.333. The monoisotopic (exact) mass is 396 g/mol. The Bertz CT molecular complexity index is 910. The molecular weight excluding hydrogens is 372 g/mol. The van der Waals surface area contributed by atoms with E-state index in [0.717, 1.165) is 11.4 Å². The largest absolute Gasteiger partial charge is 0.491 e. The average Bonchev–Trinajstić information content (AvgIpc) is 3.07. The number of carbonyl (C=O) groups excluding carboxylic acids is 2. The fourth-order valence-corrected chi connectivity index (χ4v) is 3.48. The lowest BCUT2D eigenvalue weighted by Crippen LogP contribution is -2.37. The molecule has 4 rings (SSSR count). The molecule has 1 atom stereocenters. The van der Waals surface area contributed by atoms with Crippen LogP contribution in [0.4, 0.5) is 5.69 Å². The van der Waals surface area contributed by atoms with Crippen LogP contribution in [0.25, 0.3) is 0 Å². The molecular formula is C22H24N2O5. The summed E-state index contributed by atoms with van der Waals surface area (Å²) in [4.78, 5) is 26.7. The van der Waals surface area contributed by atoms with Crippen LogP contribution in [-0.2, 0) is 4.79 Å². The molecule has 2 aromatic rings. The summed E-state index contributed by atoms with van der Waals surface area (Å²) >= 11 is 0. The smallest absolute Gasteiger partial charge is 0.251 e. The molecule has 2 heterocycles. The maximum Gasteiger partial charge on any atom is 0.251 e. The molecule has 1 unspecified atom stereocenters. The summed E-state index contributed by atoms with van der Waals surface area (Å²) in [7, 11) is 0. The molecule has 1 saturated heterocycles. The molecule has 0 bridgehead atoms. The molecule has 2 aromatic carbocycles. The first kappa shape index (κ1) is 19.1. The first-order valence-corrected chi connectivity index (χ1v) is 9.77. The third-order valence-electron chi connectivity index (χ3n) is 4.79. The summed E-state index contributed by atoms with van der Waals surface area (Å²) < 4.78 is 16.7. The highest BCUT2D eigenvalue weighted by atomic mass is 16.6. The lowest BCUT2D eigenvalue weighted by Gasteiger charge is -2.22. The van der Waals surface area contributed by atoms with E-state index in [4.69, 9.17) is 14.2 Å². The van der Waals surface area contributed by atoms with Crippen LogP contribution in [0.5, 0.6) is 17.2 Å². The van der Waals surface area contributed by atoms with Crippen molar-refractivity contribution >= 4 is 17.5 Å². The number of carbonyl (C=O) groups is 2. The number of nitrogens with one attached hydrogen (secondary N) is 1. The van der Waals surface area contributed by atoms with Crippen LogP contribution in [0.2, 0.25) is 0 Å². The lowest BCUT2D eigenvalue weighted by atomic mass is 10.1. The number of ether oxygens (including phenoxy) is 3. The van der Waals surface area contributed by atoms with E-state index >= 15 is 0 Å². The van der Waals surface area contributed by atoms with Crippen LogP contribution < -0.4 is 24.4 Å². The highest BCUT2D eigenvalue weighted by molar-refractivity contribution is 5.99. The minimum absolute atomic E-state index is 0.0346. The summed E-state index contributed by atoms with van der Waals surface area (Å²) in [5, 5.41) is 2.95. The number of rotatable bonds is 5. The van der Waals surface area contributed by atoms with E-state index in [9.17, 15) is 9.59 Å². The first-order chi connectivity index (χ1) is 14.0. The zero-order valence-corrected chi connectivity index (χ0v) is 16.5. The quantitative estimate of drug-likeness (QED) is 0.841. The maximum absolute atomic E-state index is 12.6. The molecule has 0 radical (unpaired) electrons. The van der Waals surface area contributed by atoms with Gasteiger partial charge in [0.15, 0.2) is 11.5 Å². The SMILES string of the molecule is CC(C)Oc1ccc(C(=O)NC2CC(=O)N(c3ccc4c(c3)OCCO4)C2)cc1. The zero-order chi connectivity index (χ0) is 20.4. The Morgan fingerprint density at radius 2 is 1.83 bits per heavy atom. The van der Waals surface area contributed by atoms with Crippen molar-refractivity contribution in [2.75, 3.05) is 24.7 Å². The van der Waals surface area contributed by atoms with E-state index in [1.165, 1.54) is 0 Å². The number of hydrogen-bond acceptors (Lipinski definition) is 5. The van der Waals surface area contributed by atoms with Gasteiger partial charge >= 0.3 is 0 Å². The topological polar surface area (TPSA) is 77.1 Å². The van der Waals surface area contributed by atoms with E-state index in [1.54, 1.807) is 29.2 Å². The Morgan fingerprint density at radius 3 is 2.55 bits per heavy atom. The van der Waals surface area contributed by atoms with E-state index in [-0.39, 0.29) is 30.4 Å². The van der Waals surface area contributed by atoms with Crippen molar-refractivity contribution < 1.29 is 23.8 Å². The average molecular weight is 396 g/mol. The second-order valence-electron chi connectivity index (χ2n) is 7.40. The molecule has 1 fully saturated rings. The summed E-state index contributed by atoms with van der Waals surface area (Å²) in [6, 6.07) is 12.2.